The van der Waals surface area contributed by atoms with Crippen molar-refractivity contribution in [3.63, 3.8) is 0 Å². The Morgan fingerprint density at radius 3 is 2.60 bits per heavy atom. The van der Waals surface area contributed by atoms with E-state index in [0.717, 1.165) is 0 Å². The van der Waals surface area contributed by atoms with Gasteiger partial charge in [-0.05, 0) is 59.8 Å². The summed E-state index contributed by atoms with van der Waals surface area (Å²) in [6, 6.07) is 9.25. The minimum absolute atomic E-state index is 0.117. The molecule has 0 fully saturated rings. The van der Waals surface area contributed by atoms with Crippen LogP contribution < -0.4 is 15.4 Å². The van der Waals surface area contributed by atoms with E-state index in [2.05, 4.69) is 26.2 Å². The molecule has 13 nitrogen and oxygen atoms in total. The Morgan fingerprint density at radius 2 is 1.93 bits per heavy atom. The lowest BCUT2D eigenvalue weighted by Gasteiger charge is -2.38. The van der Waals surface area contributed by atoms with Gasteiger partial charge in [0.05, 0.1) is 24.8 Å². The summed E-state index contributed by atoms with van der Waals surface area (Å²) in [5.74, 6) is -1.10. The van der Waals surface area contributed by atoms with E-state index < -0.39 is 29.9 Å². The van der Waals surface area contributed by atoms with E-state index in [-0.39, 0.29) is 49.4 Å². The maximum atomic E-state index is 13.6. The van der Waals surface area contributed by atoms with E-state index in [0.29, 0.717) is 11.4 Å². The number of rotatable bonds is 8. The molecule has 0 unspecified atom stereocenters. The number of ether oxygens (including phenoxy) is 1. The molecular formula is C26H31FN8O5. The van der Waals surface area contributed by atoms with E-state index in [1.165, 1.54) is 46.2 Å². The Labute approximate surface area is 229 Å². The number of aliphatic hydroxyl groups excluding tert-OH is 1. The SMILES string of the molecule is C[C@H]1CN([C@@H](C)CO)C(=O)c2cc(NC(=O)Cn3cnnn3)ccc2O[C@H]1CN(C)C(=O)Nc1ccc(F)cc1. The highest BCUT2D eigenvalue weighted by atomic mass is 19.1. The molecule has 3 N–H and O–H groups in total. The first-order valence-electron chi connectivity index (χ1n) is 12.7. The minimum Gasteiger partial charge on any atom is -0.487 e. The third-order valence-electron chi connectivity index (χ3n) is 6.54. The van der Waals surface area contributed by atoms with Crippen LogP contribution in [-0.4, -0.2) is 91.8 Å². The molecule has 14 heteroatoms. The predicted octanol–water partition coefficient (Wildman–Crippen LogP) is 1.83. The van der Waals surface area contributed by atoms with E-state index in [4.69, 9.17) is 4.74 Å². The molecule has 3 atom stereocenters. The topological polar surface area (TPSA) is 155 Å². The monoisotopic (exact) mass is 554 g/mol. The van der Waals surface area contributed by atoms with Crippen LogP contribution in [0.2, 0.25) is 0 Å². The molecule has 0 radical (unpaired) electrons. The molecule has 1 aromatic heterocycles. The lowest BCUT2D eigenvalue weighted by molar-refractivity contribution is -0.116. The zero-order valence-electron chi connectivity index (χ0n) is 22.3. The van der Waals surface area contributed by atoms with Crippen LogP contribution in [0.4, 0.5) is 20.6 Å². The highest BCUT2D eigenvalue weighted by Gasteiger charge is 2.34. The molecule has 0 saturated heterocycles. The molecule has 2 heterocycles. The van der Waals surface area contributed by atoms with Crippen molar-refractivity contribution in [1.82, 2.24) is 30.0 Å². The van der Waals surface area contributed by atoms with Crippen LogP contribution in [0.15, 0.2) is 48.8 Å². The van der Waals surface area contributed by atoms with Crippen molar-refractivity contribution in [3.05, 3.63) is 60.2 Å². The number of urea groups is 1. The minimum atomic E-state index is -0.524. The van der Waals surface area contributed by atoms with Gasteiger partial charge < -0.3 is 30.3 Å². The van der Waals surface area contributed by atoms with Crippen molar-refractivity contribution < 1.29 is 28.6 Å². The zero-order valence-corrected chi connectivity index (χ0v) is 22.3. The van der Waals surface area contributed by atoms with Crippen LogP contribution in [0.1, 0.15) is 24.2 Å². The summed E-state index contributed by atoms with van der Waals surface area (Å²) in [6.45, 7) is 3.71. The van der Waals surface area contributed by atoms with Gasteiger partial charge in [-0.1, -0.05) is 6.92 Å². The molecule has 212 valence electrons. The van der Waals surface area contributed by atoms with Gasteiger partial charge in [0, 0.05) is 30.9 Å². The molecule has 40 heavy (non-hydrogen) atoms. The van der Waals surface area contributed by atoms with Gasteiger partial charge in [-0.2, -0.15) is 0 Å². The van der Waals surface area contributed by atoms with Crippen molar-refractivity contribution >= 4 is 29.2 Å². The van der Waals surface area contributed by atoms with Crippen LogP contribution in [0, 0.1) is 11.7 Å². The van der Waals surface area contributed by atoms with Crippen LogP contribution in [-0.2, 0) is 11.3 Å². The van der Waals surface area contributed by atoms with Gasteiger partial charge in [-0.25, -0.2) is 13.9 Å². The van der Waals surface area contributed by atoms with Crippen molar-refractivity contribution in [2.45, 2.75) is 32.5 Å². The largest absolute Gasteiger partial charge is 0.487 e. The molecule has 4 rings (SSSR count). The van der Waals surface area contributed by atoms with Crippen LogP contribution in [0.25, 0.3) is 0 Å². The number of hydrogen-bond acceptors (Lipinski definition) is 8. The van der Waals surface area contributed by atoms with Crippen molar-refractivity contribution in [2.75, 3.05) is 37.4 Å². The Morgan fingerprint density at radius 1 is 1.20 bits per heavy atom. The maximum absolute atomic E-state index is 13.6. The molecule has 1 aliphatic rings. The Hall–Kier alpha value is -4.59. The second kappa shape index (κ2) is 12.5. The van der Waals surface area contributed by atoms with Crippen molar-refractivity contribution in [3.8, 4) is 5.75 Å². The average Bonchev–Trinajstić information content (AvgIpc) is 3.44. The highest BCUT2D eigenvalue weighted by Crippen LogP contribution is 2.30. The van der Waals surface area contributed by atoms with Crippen LogP contribution in [0.5, 0.6) is 5.75 Å². The third-order valence-corrected chi connectivity index (χ3v) is 6.54. The van der Waals surface area contributed by atoms with E-state index >= 15 is 0 Å². The number of halogens is 1. The first-order chi connectivity index (χ1) is 19.1. The molecule has 4 amide bonds. The molecule has 0 aliphatic carbocycles. The molecule has 2 aromatic carbocycles. The number of aliphatic hydroxyl groups is 1. The maximum Gasteiger partial charge on any atom is 0.321 e. The summed E-state index contributed by atoms with van der Waals surface area (Å²) in [7, 11) is 1.61. The number of amides is 4. The molecular weight excluding hydrogens is 523 g/mol. The van der Waals surface area contributed by atoms with E-state index in [9.17, 15) is 23.9 Å². The number of nitrogens with zero attached hydrogens (tertiary/aromatic N) is 6. The number of carbonyl (C=O) groups is 3. The second-order valence-electron chi connectivity index (χ2n) is 9.71. The summed E-state index contributed by atoms with van der Waals surface area (Å²) in [5, 5.41) is 25.9. The van der Waals surface area contributed by atoms with Crippen molar-refractivity contribution in [2.24, 2.45) is 5.92 Å². The number of benzene rings is 2. The number of carbonyl (C=O) groups excluding carboxylic acids is 3. The number of tetrazole rings is 1. The number of anilines is 2. The zero-order chi connectivity index (χ0) is 28.8. The Balaban J connectivity index is 1.55. The fourth-order valence-electron chi connectivity index (χ4n) is 4.22. The predicted molar refractivity (Wildman–Crippen MR) is 142 cm³/mol. The summed E-state index contributed by atoms with van der Waals surface area (Å²) in [4.78, 5) is 41.9. The molecule has 1 aliphatic heterocycles. The van der Waals surface area contributed by atoms with Gasteiger partial charge in [-0.3, -0.25) is 9.59 Å². The summed E-state index contributed by atoms with van der Waals surface area (Å²) < 4.78 is 20.8. The number of likely N-dealkylation sites (N-methyl/N-ethyl adjacent to an activating group) is 1. The number of aromatic nitrogens is 4. The third kappa shape index (κ3) is 6.88. The molecule has 0 saturated carbocycles. The van der Waals surface area contributed by atoms with Gasteiger partial charge in [-0.15, -0.1) is 5.10 Å². The normalized spacial score (nSPS) is 17.6. The number of nitrogens with one attached hydrogen (secondary N) is 2. The number of fused-ring (bicyclic) bond motifs is 1. The van der Waals surface area contributed by atoms with Gasteiger partial charge in [0.1, 0.15) is 30.5 Å². The molecule has 3 aromatic rings. The van der Waals surface area contributed by atoms with Gasteiger partial charge in [0.15, 0.2) is 0 Å². The Bertz CT molecular complexity index is 1340. The average molecular weight is 555 g/mol. The highest BCUT2D eigenvalue weighted by molar-refractivity contribution is 6.00. The van der Waals surface area contributed by atoms with Gasteiger partial charge in [0.25, 0.3) is 5.91 Å². The van der Waals surface area contributed by atoms with E-state index in [1.54, 1.807) is 31.0 Å². The van der Waals surface area contributed by atoms with Crippen molar-refractivity contribution in [1.29, 1.82) is 0 Å². The fourth-order valence-corrected chi connectivity index (χ4v) is 4.22. The van der Waals surface area contributed by atoms with Gasteiger partial charge >= 0.3 is 6.03 Å². The Kier molecular flexibility index (Phi) is 8.89. The standard InChI is InChI=1S/C26H31FN8O5/c1-16-11-35(17(2)14-36)25(38)21-10-20(29-24(37)13-34-15-28-31-32-34)8-9-22(21)40-23(16)12-33(3)26(39)30-19-6-4-18(27)5-7-19/h4-10,15-17,23,36H,11-14H2,1-3H3,(H,29,37)(H,30,39)/t16-,17-,23-/m0/s1. The lowest BCUT2D eigenvalue weighted by atomic mass is 9.99. The number of hydrogen-bond donors (Lipinski definition) is 3. The summed E-state index contributed by atoms with van der Waals surface area (Å²) in [5.41, 5.74) is 1.01. The quantitative estimate of drug-likeness (QED) is 0.381. The van der Waals surface area contributed by atoms with Crippen LogP contribution >= 0.6 is 0 Å². The van der Waals surface area contributed by atoms with E-state index in [1.807, 2.05) is 6.92 Å². The second-order valence-corrected chi connectivity index (χ2v) is 9.71. The van der Waals surface area contributed by atoms with Gasteiger partial charge in [0.2, 0.25) is 5.91 Å². The fraction of sp³-hybridized carbons (Fsp3) is 0.385. The lowest BCUT2D eigenvalue weighted by Crippen LogP contribution is -2.50. The first kappa shape index (κ1) is 28.4. The summed E-state index contributed by atoms with van der Waals surface area (Å²) in [6.07, 6.45) is 0.786. The smallest absolute Gasteiger partial charge is 0.321 e. The molecule has 0 bridgehead atoms. The first-order valence-corrected chi connectivity index (χ1v) is 12.7. The van der Waals surface area contributed by atoms with Crippen LogP contribution in [0.3, 0.4) is 0 Å². The summed E-state index contributed by atoms with van der Waals surface area (Å²) >= 11 is 0. The molecule has 0 spiro atoms.